The second-order valence-electron chi connectivity index (χ2n) is 8.18. The van der Waals surface area contributed by atoms with Crippen LogP contribution in [-0.4, -0.2) is 58.6 Å². The molecule has 3 atom stereocenters. The molecule has 2 amide bonds. The van der Waals surface area contributed by atoms with Gasteiger partial charge in [0.25, 0.3) is 0 Å². The van der Waals surface area contributed by atoms with Crippen LogP contribution in [-0.2, 0) is 16.1 Å². The number of β-amino-alcohol motifs (C(OH)–C–C–N with tert-alkyl or cyclic N) is 1. The van der Waals surface area contributed by atoms with Crippen molar-refractivity contribution in [2.45, 2.75) is 50.9 Å². The van der Waals surface area contributed by atoms with Crippen molar-refractivity contribution in [1.82, 2.24) is 20.5 Å². The summed E-state index contributed by atoms with van der Waals surface area (Å²) >= 11 is 1.61. The summed E-state index contributed by atoms with van der Waals surface area (Å²) in [7, 11) is 1.78. The molecule has 2 aliphatic rings. The third-order valence-corrected chi connectivity index (χ3v) is 6.94. The van der Waals surface area contributed by atoms with Gasteiger partial charge in [-0.3, -0.25) is 9.59 Å². The fourth-order valence-electron chi connectivity index (χ4n) is 4.13. The first kappa shape index (κ1) is 21.0. The van der Waals surface area contributed by atoms with Crippen molar-refractivity contribution in [1.29, 1.82) is 0 Å². The lowest BCUT2D eigenvalue weighted by molar-refractivity contribution is -0.140. The van der Waals surface area contributed by atoms with Crippen LogP contribution >= 0.6 is 11.3 Å². The third kappa shape index (κ3) is 4.40. The number of hydrogen-bond acceptors (Lipinski definition) is 6. The van der Waals surface area contributed by atoms with Gasteiger partial charge in [-0.2, -0.15) is 0 Å². The summed E-state index contributed by atoms with van der Waals surface area (Å²) in [6.07, 6.45) is 1.68. The molecule has 0 spiro atoms. The quantitative estimate of drug-likeness (QED) is 0.624. The number of carbonyl (C=O) groups is 2. The van der Waals surface area contributed by atoms with Crippen LogP contribution in [0.2, 0.25) is 0 Å². The number of benzene rings is 1. The monoisotopic (exact) mass is 428 g/mol. The first-order chi connectivity index (χ1) is 14.5. The number of amides is 2. The molecule has 3 N–H and O–H groups in total. The number of aliphatic hydroxyl groups excluding tert-OH is 1. The fraction of sp³-hybridized carbons (Fsp3) is 0.500. The van der Waals surface area contributed by atoms with E-state index in [4.69, 9.17) is 0 Å². The van der Waals surface area contributed by atoms with E-state index in [1.165, 1.54) is 0 Å². The zero-order chi connectivity index (χ0) is 21.3. The topological polar surface area (TPSA) is 94.6 Å². The minimum absolute atomic E-state index is 0.0824. The summed E-state index contributed by atoms with van der Waals surface area (Å²) < 4.78 is 0. The Balaban J connectivity index is 1.37. The van der Waals surface area contributed by atoms with Gasteiger partial charge < -0.3 is 20.6 Å². The number of likely N-dealkylation sites (tertiary alicyclic amines) is 1. The Morgan fingerprint density at radius 2 is 2.03 bits per heavy atom. The van der Waals surface area contributed by atoms with Gasteiger partial charge in [-0.05, 0) is 43.9 Å². The average molecular weight is 429 g/mol. The molecule has 1 aliphatic heterocycles. The van der Waals surface area contributed by atoms with Gasteiger partial charge in [-0.1, -0.05) is 24.3 Å². The Morgan fingerprint density at radius 1 is 1.30 bits per heavy atom. The summed E-state index contributed by atoms with van der Waals surface area (Å²) in [5, 5.41) is 16.1. The Labute approximate surface area is 180 Å². The van der Waals surface area contributed by atoms with Crippen molar-refractivity contribution in [2.75, 3.05) is 13.6 Å². The standard InChI is InChI=1S/C22H28N4O3S/c1-13-20(30-12-25-13)16-5-3-14(4-6-16)10-24-21(28)18-9-17(27)11-26(18)22(29)19(23-2)15-7-8-15/h3-6,12,15,17-19,23,27H,7-11H2,1-2H3,(H,24,28). The fourth-order valence-corrected chi connectivity index (χ4v) is 4.95. The molecular weight excluding hydrogens is 400 g/mol. The van der Waals surface area contributed by atoms with Crippen LogP contribution in [0.1, 0.15) is 30.5 Å². The van der Waals surface area contributed by atoms with E-state index in [-0.39, 0.29) is 30.8 Å². The van der Waals surface area contributed by atoms with Gasteiger partial charge >= 0.3 is 0 Å². The second-order valence-corrected chi connectivity index (χ2v) is 9.04. The number of likely N-dealkylation sites (N-methyl/N-ethyl adjacent to an activating group) is 1. The molecule has 1 saturated heterocycles. The van der Waals surface area contributed by atoms with Crippen LogP contribution in [0.15, 0.2) is 29.8 Å². The van der Waals surface area contributed by atoms with Crippen LogP contribution in [0.3, 0.4) is 0 Å². The number of aryl methyl sites for hydroxylation is 1. The van der Waals surface area contributed by atoms with Crippen molar-refractivity contribution in [3.63, 3.8) is 0 Å². The van der Waals surface area contributed by atoms with Gasteiger partial charge in [0.1, 0.15) is 6.04 Å². The third-order valence-electron chi connectivity index (χ3n) is 5.96. The lowest BCUT2D eigenvalue weighted by Crippen LogP contribution is -2.52. The average Bonchev–Trinajstić information content (AvgIpc) is 3.36. The molecule has 0 radical (unpaired) electrons. The molecule has 30 heavy (non-hydrogen) atoms. The molecule has 0 bridgehead atoms. The van der Waals surface area contributed by atoms with Gasteiger partial charge in [0.2, 0.25) is 11.8 Å². The number of rotatable bonds is 7. The highest BCUT2D eigenvalue weighted by Gasteiger charge is 2.44. The molecule has 2 fully saturated rings. The van der Waals surface area contributed by atoms with Crippen LogP contribution in [0.5, 0.6) is 0 Å². The van der Waals surface area contributed by atoms with E-state index in [1.807, 2.05) is 36.7 Å². The number of nitrogens with one attached hydrogen (secondary N) is 2. The Hall–Kier alpha value is -2.29. The molecule has 4 rings (SSSR count). The minimum Gasteiger partial charge on any atom is -0.391 e. The summed E-state index contributed by atoms with van der Waals surface area (Å²) in [5.41, 5.74) is 4.94. The number of nitrogens with zero attached hydrogens (tertiary/aromatic N) is 2. The van der Waals surface area contributed by atoms with E-state index < -0.39 is 12.1 Å². The Kier molecular flexibility index (Phi) is 6.17. The summed E-state index contributed by atoms with van der Waals surface area (Å²) in [6, 6.07) is 7.15. The van der Waals surface area contributed by atoms with Crippen LogP contribution in [0, 0.1) is 12.8 Å². The van der Waals surface area contributed by atoms with Crippen molar-refractivity contribution in [2.24, 2.45) is 5.92 Å². The molecule has 160 valence electrons. The molecule has 1 saturated carbocycles. The van der Waals surface area contributed by atoms with E-state index >= 15 is 0 Å². The lowest BCUT2D eigenvalue weighted by Gasteiger charge is -2.28. The van der Waals surface area contributed by atoms with Gasteiger partial charge in [-0.25, -0.2) is 4.98 Å². The van der Waals surface area contributed by atoms with Gasteiger partial charge in [0.05, 0.1) is 28.2 Å². The van der Waals surface area contributed by atoms with Crippen LogP contribution in [0.4, 0.5) is 0 Å². The Morgan fingerprint density at radius 3 is 2.63 bits per heavy atom. The van der Waals surface area contributed by atoms with Crippen LogP contribution < -0.4 is 10.6 Å². The SMILES string of the molecule is CNC(C(=O)N1CC(O)CC1C(=O)NCc1ccc(-c2scnc2C)cc1)C1CC1. The number of aliphatic hydroxyl groups is 1. The van der Waals surface area contributed by atoms with E-state index in [0.29, 0.717) is 12.5 Å². The molecule has 7 nitrogen and oxygen atoms in total. The molecule has 8 heteroatoms. The molecule has 1 aromatic carbocycles. The van der Waals surface area contributed by atoms with Crippen molar-refractivity contribution < 1.29 is 14.7 Å². The molecular formula is C22H28N4O3S. The zero-order valence-electron chi connectivity index (χ0n) is 17.3. The van der Waals surface area contributed by atoms with Gasteiger partial charge in [-0.15, -0.1) is 11.3 Å². The van der Waals surface area contributed by atoms with Gasteiger partial charge in [0.15, 0.2) is 0 Å². The first-order valence-corrected chi connectivity index (χ1v) is 11.3. The highest BCUT2D eigenvalue weighted by atomic mass is 32.1. The normalized spacial score (nSPS) is 22.2. The summed E-state index contributed by atoms with van der Waals surface area (Å²) in [4.78, 5) is 32.8. The number of thiazole rings is 1. The number of hydrogen-bond donors (Lipinski definition) is 3. The predicted octanol–water partition coefficient (Wildman–Crippen LogP) is 1.69. The highest BCUT2D eigenvalue weighted by molar-refractivity contribution is 7.13. The first-order valence-electron chi connectivity index (χ1n) is 10.4. The van der Waals surface area contributed by atoms with E-state index in [1.54, 1.807) is 23.3 Å². The lowest BCUT2D eigenvalue weighted by atomic mass is 10.1. The van der Waals surface area contributed by atoms with Gasteiger partial charge in [0, 0.05) is 19.5 Å². The second kappa shape index (κ2) is 8.83. The maximum absolute atomic E-state index is 12.9. The van der Waals surface area contributed by atoms with E-state index in [2.05, 4.69) is 15.6 Å². The summed E-state index contributed by atoms with van der Waals surface area (Å²) in [5.74, 6) is 0.0403. The van der Waals surface area contributed by atoms with Crippen LogP contribution in [0.25, 0.3) is 10.4 Å². The van der Waals surface area contributed by atoms with Crippen molar-refractivity contribution >= 4 is 23.2 Å². The Bertz CT molecular complexity index is 909. The maximum Gasteiger partial charge on any atom is 0.243 e. The van der Waals surface area contributed by atoms with Crippen molar-refractivity contribution in [3.8, 4) is 10.4 Å². The predicted molar refractivity (Wildman–Crippen MR) is 116 cm³/mol. The van der Waals surface area contributed by atoms with E-state index in [0.717, 1.165) is 34.5 Å². The molecule has 2 aromatic rings. The smallest absolute Gasteiger partial charge is 0.243 e. The maximum atomic E-state index is 12.9. The number of aromatic nitrogens is 1. The van der Waals surface area contributed by atoms with Crippen molar-refractivity contribution in [3.05, 3.63) is 41.0 Å². The zero-order valence-corrected chi connectivity index (χ0v) is 18.1. The van der Waals surface area contributed by atoms with E-state index in [9.17, 15) is 14.7 Å². The highest BCUT2D eigenvalue weighted by Crippen LogP contribution is 2.34. The molecule has 2 heterocycles. The summed E-state index contributed by atoms with van der Waals surface area (Å²) in [6.45, 7) is 2.59. The molecule has 1 aliphatic carbocycles. The minimum atomic E-state index is -0.664. The molecule has 1 aromatic heterocycles. The number of carbonyl (C=O) groups excluding carboxylic acids is 2. The largest absolute Gasteiger partial charge is 0.391 e. The molecule has 3 unspecified atom stereocenters.